The number of amides is 1. The van der Waals surface area contributed by atoms with Gasteiger partial charge in [-0.05, 0) is 108 Å². The third kappa shape index (κ3) is 11.5. The maximum absolute atomic E-state index is 14.8. The summed E-state index contributed by atoms with van der Waals surface area (Å²) in [7, 11) is 0. The number of aromatic nitrogens is 1. The zero-order chi connectivity index (χ0) is 39.9. The van der Waals surface area contributed by atoms with Crippen molar-refractivity contribution in [3.05, 3.63) is 120 Å². The Labute approximate surface area is 323 Å². The molecule has 1 amide bonds. The van der Waals surface area contributed by atoms with Crippen molar-refractivity contribution in [1.82, 2.24) is 9.88 Å². The summed E-state index contributed by atoms with van der Waals surface area (Å²) in [6.45, 7) is 14.3. The SMILES string of the molecule is CC(=O)c1ccc(C(C/C=C/c2nc3ccccc3o2)C(C)N(Cc2ccc3ccccc3c2)C(=O)CC(CC(=O)OC(C)(C)C)C(=O)OC(C)(C)C)cc1. The molecule has 9 heteroatoms. The molecule has 0 aliphatic heterocycles. The number of ether oxygens (including phenoxy) is 2. The molecular weight excluding hydrogens is 693 g/mol. The van der Waals surface area contributed by atoms with E-state index in [1.165, 1.54) is 6.92 Å². The van der Waals surface area contributed by atoms with Crippen LogP contribution in [0.4, 0.5) is 0 Å². The molecule has 0 saturated heterocycles. The number of nitrogens with zero attached hydrogens (tertiary/aromatic N) is 2. The third-order valence-electron chi connectivity index (χ3n) is 9.26. The second kappa shape index (κ2) is 17.3. The van der Waals surface area contributed by atoms with Crippen LogP contribution in [-0.2, 0) is 30.4 Å². The van der Waals surface area contributed by atoms with Gasteiger partial charge in [-0.2, -0.15) is 0 Å². The second-order valence-corrected chi connectivity index (χ2v) is 16.1. The van der Waals surface area contributed by atoms with Crippen LogP contribution in [0.2, 0.25) is 0 Å². The van der Waals surface area contributed by atoms with Gasteiger partial charge < -0.3 is 18.8 Å². The highest BCUT2D eigenvalue weighted by atomic mass is 16.6. The van der Waals surface area contributed by atoms with E-state index in [-0.39, 0.29) is 37.0 Å². The Kier molecular flexibility index (Phi) is 12.8. The van der Waals surface area contributed by atoms with E-state index in [2.05, 4.69) is 11.1 Å². The molecule has 55 heavy (non-hydrogen) atoms. The minimum atomic E-state index is -1.07. The number of fused-ring (bicyclic) bond motifs is 2. The lowest BCUT2D eigenvalue weighted by Gasteiger charge is -2.36. The fourth-order valence-corrected chi connectivity index (χ4v) is 6.60. The number of allylic oxidation sites excluding steroid dienone is 1. The molecule has 0 spiro atoms. The Bertz CT molecular complexity index is 2140. The molecule has 3 unspecified atom stereocenters. The van der Waals surface area contributed by atoms with Crippen LogP contribution in [0.5, 0.6) is 0 Å². The topological polar surface area (TPSA) is 116 Å². The molecule has 5 aromatic rings. The zero-order valence-electron chi connectivity index (χ0n) is 33.1. The number of oxazole rings is 1. The molecule has 0 fully saturated rings. The summed E-state index contributed by atoms with van der Waals surface area (Å²) in [4.78, 5) is 60.0. The van der Waals surface area contributed by atoms with E-state index in [0.717, 1.165) is 27.4 Å². The van der Waals surface area contributed by atoms with Crippen molar-refractivity contribution in [3.8, 4) is 0 Å². The molecular formula is C46H52N2O7. The van der Waals surface area contributed by atoms with Crippen LogP contribution < -0.4 is 0 Å². The first-order chi connectivity index (χ1) is 26.0. The van der Waals surface area contributed by atoms with Crippen molar-refractivity contribution in [2.75, 3.05) is 0 Å². The van der Waals surface area contributed by atoms with Crippen LogP contribution in [0, 0.1) is 5.92 Å². The molecule has 0 saturated carbocycles. The van der Waals surface area contributed by atoms with E-state index >= 15 is 0 Å². The monoisotopic (exact) mass is 744 g/mol. The number of carbonyl (C=O) groups is 4. The Balaban J connectivity index is 1.52. The van der Waals surface area contributed by atoms with Crippen LogP contribution in [0.15, 0.2) is 101 Å². The van der Waals surface area contributed by atoms with Gasteiger partial charge in [-0.15, -0.1) is 0 Å². The van der Waals surface area contributed by atoms with Crippen molar-refractivity contribution in [3.63, 3.8) is 0 Å². The summed E-state index contributed by atoms with van der Waals surface area (Å²) in [5.74, 6) is -2.43. The average molecular weight is 745 g/mol. The lowest BCUT2D eigenvalue weighted by Crippen LogP contribution is -2.43. The molecule has 9 nitrogen and oxygen atoms in total. The van der Waals surface area contributed by atoms with Crippen LogP contribution in [-0.4, -0.2) is 50.8 Å². The molecule has 0 aliphatic rings. The van der Waals surface area contributed by atoms with Gasteiger partial charge in [0.2, 0.25) is 11.8 Å². The number of hydrogen-bond acceptors (Lipinski definition) is 8. The van der Waals surface area contributed by atoms with E-state index in [1.54, 1.807) is 58.6 Å². The lowest BCUT2D eigenvalue weighted by atomic mass is 9.86. The van der Waals surface area contributed by atoms with E-state index in [9.17, 15) is 19.2 Å². The molecule has 3 atom stereocenters. The summed E-state index contributed by atoms with van der Waals surface area (Å²) in [5, 5.41) is 2.11. The predicted octanol–water partition coefficient (Wildman–Crippen LogP) is 9.87. The average Bonchev–Trinajstić information content (AvgIpc) is 3.53. The van der Waals surface area contributed by atoms with Gasteiger partial charge in [-0.3, -0.25) is 19.2 Å². The maximum Gasteiger partial charge on any atom is 0.310 e. The molecule has 5 rings (SSSR count). The van der Waals surface area contributed by atoms with Crippen molar-refractivity contribution >= 4 is 51.6 Å². The van der Waals surface area contributed by atoms with E-state index in [4.69, 9.17) is 13.9 Å². The number of para-hydroxylation sites is 2. The summed E-state index contributed by atoms with van der Waals surface area (Å²) < 4.78 is 17.3. The maximum atomic E-state index is 14.8. The Morgan fingerprint density at radius 3 is 2.11 bits per heavy atom. The van der Waals surface area contributed by atoms with E-state index in [1.807, 2.05) is 91.9 Å². The van der Waals surface area contributed by atoms with Gasteiger partial charge in [0.1, 0.15) is 16.7 Å². The van der Waals surface area contributed by atoms with Crippen molar-refractivity contribution < 1.29 is 33.1 Å². The van der Waals surface area contributed by atoms with Crippen LogP contribution in [0.3, 0.4) is 0 Å². The summed E-state index contributed by atoms with van der Waals surface area (Å²) in [6, 6.07) is 28.7. The summed E-state index contributed by atoms with van der Waals surface area (Å²) in [6.07, 6.45) is 3.74. The highest BCUT2D eigenvalue weighted by Crippen LogP contribution is 2.32. The van der Waals surface area contributed by atoms with Gasteiger partial charge in [0.15, 0.2) is 11.4 Å². The quantitative estimate of drug-likeness (QED) is 0.0815. The first-order valence-electron chi connectivity index (χ1n) is 18.8. The largest absolute Gasteiger partial charge is 0.460 e. The lowest BCUT2D eigenvalue weighted by molar-refractivity contribution is -0.168. The van der Waals surface area contributed by atoms with Gasteiger partial charge in [0, 0.05) is 30.5 Å². The molecule has 1 aromatic heterocycles. The third-order valence-corrected chi connectivity index (χ3v) is 9.26. The van der Waals surface area contributed by atoms with Crippen molar-refractivity contribution in [2.45, 2.75) is 104 Å². The minimum Gasteiger partial charge on any atom is -0.460 e. The molecule has 0 N–H and O–H groups in total. The standard InChI is InChI=1S/C46H52N2O7/c1-30(38(35-24-22-33(23-25-35)31(2)49)16-13-19-41-47-39-17-11-12-18-40(39)53-41)48(29-32-20-21-34-14-9-10-15-36(34)26-32)42(50)27-37(44(52)55-46(6,7)8)28-43(51)54-45(3,4)5/h9-15,17-26,30,37-38H,16,27-29H2,1-8H3/b19-13+. The Morgan fingerprint density at radius 2 is 1.45 bits per heavy atom. The van der Waals surface area contributed by atoms with Gasteiger partial charge in [0.05, 0.1) is 12.3 Å². The first kappa shape index (κ1) is 40.6. The summed E-state index contributed by atoms with van der Waals surface area (Å²) in [5.41, 5.74) is 2.26. The summed E-state index contributed by atoms with van der Waals surface area (Å²) >= 11 is 0. The number of Topliss-reactive ketones (excluding diaryl/α,β-unsaturated/α-hetero) is 1. The smallest absolute Gasteiger partial charge is 0.310 e. The zero-order valence-corrected chi connectivity index (χ0v) is 33.1. The van der Waals surface area contributed by atoms with Crippen molar-refractivity contribution in [1.29, 1.82) is 0 Å². The molecule has 288 valence electrons. The number of benzene rings is 4. The fourth-order valence-electron chi connectivity index (χ4n) is 6.60. The van der Waals surface area contributed by atoms with Crippen LogP contribution in [0.1, 0.15) is 108 Å². The number of rotatable bonds is 14. The first-order valence-corrected chi connectivity index (χ1v) is 18.8. The highest BCUT2D eigenvalue weighted by molar-refractivity contribution is 5.94. The van der Waals surface area contributed by atoms with Gasteiger partial charge in [-0.1, -0.05) is 78.9 Å². The van der Waals surface area contributed by atoms with E-state index < -0.39 is 35.1 Å². The van der Waals surface area contributed by atoms with Gasteiger partial charge in [0.25, 0.3) is 0 Å². The Hall–Kier alpha value is -5.57. The minimum absolute atomic E-state index is 0.0433. The Morgan fingerprint density at radius 1 is 0.800 bits per heavy atom. The fraction of sp³-hybridized carbons (Fsp3) is 0.370. The van der Waals surface area contributed by atoms with E-state index in [0.29, 0.717) is 23.5 Å². The van der Waals surface area contributed by atoms with Crippen LogP contribution >= 0.6 is 0 Å². The predicted molar refractivity (Wildman–Crippen MR) is 215 cm³/mol. The molecule has 4 aromatic carbocycles. The number of carbonyl (C=O) groups excluding carboxylic acids is 4. The highest BCUT2D eigenvalue weighted by Gasteiger charge is 2.35. The molecule has 0 bridgehead atoms. The molecule has 0 aliphatic carbocycles. The van der Waals surface area contributed by atoms with Gasteiger partial charge >= 0.3 is 11.9 Å². The van der Waals surface area contributed by atoms with Crippen LogP contribution in [0.25, 0.3) is 27.9 Å². The molecule has 1 heterocycles. The molecule has 0 radical (unpaired) electrons. The van der Waals surface area contributed by atoms with Crippen molar-refractivity contribution in [2.24, 2.45) is 5.92 Å². The second-order valence-electron chi connectivity index (χ2n) is 16.1. The number of esters is 2. The van der Waals surface area contributed by atoms with Gasteiger partial charge in [-0.25, -0.2) is 4.98 Å². The number of ketones is 1. The number of hydrogen-bond donors (Lipinski definition) is 0. The normalized spacial score (nSPS) is 13.7.